The van der Waals surface area contributed by atoms with Crippen LogP contribution in [0.25, 0.3) is 0 Å². The Morgan fingerprint density at radius 3 is 2.52 bits per heavy atom. The van der Waals surface area contributed by atoms with E-state index in [2.05, 4.69) is 43.0 Å². The van der Waals surface area contributed by atoms with Crippen LogP contribution in [0.3, 0.4) is 0 Å². The van der Waals surface area contributed by atoms with Gasteiger partial charge in [-0.25, -0.2) is 9.78 Å². The van der Waals surface area contributed by atoms with Crippen LogP contribution in [-0.2, 0) is 18.5 Å². The van der Waals surface area contributed by atoms with Crippen molar-refractivity contribution in [2.75, 3.05) is 5.75 Å². The van der Waals surface area contributed by atoms with Crippen LogP contribution in [0.2, 0.25) is 0 Å². The Hall–Kier alpha value is -2.97. The van der Waals surface area contributed by atoms with Crippen molar-refractivity contribution in [2.45, 2.75) is 57.1 Å². The molecule has 1 aliphatic carbocycles. The first-order valence-corrected chi connectivity index (χ1v) is 10.2. The summed E-state index contributed by atoms with van der Waals surface area (Å²) in [5.41, 5.74) is 7.54. The smallest absolute Gasteiger partial charge is 0.312 e. The molecular formula is C21H28N6OS. The van der Waals surface area contributed by atoms with E-state index in [1.807, 2.05) is 13.0 Å². The molecule has 0 aliphatic heterocycles. The van der Waals surface area contributed by atoms with Gasteiger partial charge in [0.15, 0.2) is 0 Å². The maximum atomic E-state index is 11.0. The molecule has 154 valence electrons. The maximum absolute atomic E-state index is 11.0. The predicted molar refractivity (Wildman–Crippen MR) is 116 cm³/mol. The summed E-state index contributed by atoms with van der Waals surface area (Å²) >= 11 is 1.69. The lowest BCUT2D eigenvalue weighted by Gasteiger charge is -2.11. The lowest BCUT2D eigenvalue weighted by molar-refractivity contribution is 0.248. The monoisotopic (exact) mass is 412 g/mol. The first-order valence-electron chi connectivity index (χ1n) is 9.26. The van der Waals surface area contributed by atoms with Crippen molar-refractivity contribution in [3.8, 4) is 12.1 Å². The second kappa shape index (κ2) is 11.1. The molecule has 1 saturated carbocycles. The van der Waals surface area contributed by atoms with Crippen LogP contribution in [0.1, 0.15) is 45.1 Å². The van der Waals surface area contributed by atoms with Crippen LogP contribution in [0.5, 0.6) is 0 Å². The number of carbonyl (C=O) groups is 1. The lowest BCUT2D eigenvalue weighted by atomic mass is 10.1. The fraction of sp³-hybridized carbons (Fsp3) is 0.429. The van der Waals surface area contributed by atoms with Gasteiger partial charge in [0.2, 0.25) is 0 Å². The second-order valence-corrected chi connectivity index (χ2v) is 7.86. The van der Waals surface area contributed by atoms with Gasteiger partial charge in [-0.05, 0) is 26.7 Å². The summed E-state index contributed by atoms with van der Waals surface area (Å²) in [5, 5.41) is 20.5. The fourth-order valence-corrected chi connectivity index (χ4v) is 3.72. The van der Waals surface area contributed by atoms with E-state index in [1.165, 1.54) is 6.08 Å². The minimum atomic E-state index is -0.545. The Balaban J connectivity index is 0.000000612. The second-order valence-electron chi connectivity index (χ2n) is 6.86. The SMILES string of the molecule is C=CC(=C)C#N.CCn1c(CNC(N)=O)nc(C2(C)CC2)c1SC/C=C(\C)C#N. The number of nitrogens with zero attached hydrogens (tertiary/aromatic N) is 4. The van der Waals surface area contributed by atoms with Crippen molar-refractivity contribution < 1.29 is 4.79 Å². The number of nitrogens with two attached hydrogens (primary N) is 1. The van der Waals surface area contributed by atoms with Gasteiger partial charge in [-0.2, -0.15) is 10.5 Å². The summed E-state index contributed by atoms with van der Waals surface area (Å²) < 4.78 is 2.13. The molecule has 0 saturated heterocycles. The van der Waals surface area contributed by atoms with E-state index < -0.39 is 6.03 Å². The van der Waals surface area contributed by atoms with Crippen molar-refractivity contribution >= 4 is 17.8 Å². The lowest BCUT2D eigenvalue weighted by Crippen LogP contribution is -2.29. The summed E-state index contributed by atoms with van der Waals surface area (Å²) in [4.78, 5) is 15.8. The van der Waals surface area contributed by atoms with Crippen molar-refractivity contribution in [1.82, 2.24) is 14.9 Å². The van der Waals surface area contributed by atoms with Crippen LogP contribution in [-0.4, -0.2) is 21.3 Å². The number of carbonyl (C=O) groups excluding carboxylic acids is 1. The van der Waals surface area contributed by atoms with Crippen LogP contribution in [0.4, 0.5) is 4.79 Å². The van der Waals surface area contributed by atoms with Crippen molar-refractivity contribution in [3.05, 3.63) is 48.0 Å². The molecule has 0 atom stereocenters. The zero-order chi connectivity index (χ0) is 22.0. The quantitative estimate of drug-likeness (QED) is 0.381. The zero-order valence-corrected chi connectivity index (χ0v) is 18.1. The average molecular weight is 413 g/mol. The number of hydrogen-bond donors (Lipinski definition) is 2. The Labute approximate surface area is 177 Å². The van der Waals surface area contributed by atoms with E-state index >= 15 is 0 Å². The van der Waals surface area contributed by atoms with Gasteiger partial charge in [0.25, 0.3) is 0 Å². The number of primary amides is 1. The van der Waals surface area contributed by atoms with E-state index in [0.29, 0.717) is 12.1 Å². The van der Waals surface area contributed by atoms with Gasteiger partial charge in [-0.1, -0.05) is 32.2 Å². The summed E-state index contributed by atoms with van der Waals surface area (Å²) in [6, 6.07) is 3.40. The normalized spacial score (nSPS) is 13.9. The van der Waals surface area contributed by atoms with Crippen LogP contribution >= 0.6 is 11.8 Å². The molecule has 1 heterocycles. The fourth-order valence-electron chi connectivity index (χ4n) is 2.41. The highest BCUT2D eigenvalue weighted by atomic mass is 32.2. The number of imidazole rings is 1. The van der Waals surface area contributed by atoms with Gasteiger partial charge in [-0.15, -0.1) is 11.8 Å². The third kappa shape index (κ3) is 7.17. The molecule has 2 amide bonds. The summed E-state index contributed by atoms with van der Waals surface area (Å²) in [5.74, 6) is 1.56. The third-order valence-electron chi connectivity index (χ3n) is 4.48. The van der Waals surface area contributed by atoms with Crippen molar-refractivity contribution in [1.29, 1.82) is 10.5 Å². The maximum Gasteiger partial charge on any atom is 0.312 e. The first kappa shape index (κ1) is 24.1. The highest BCUT2D eigenvalue weighted by molar-refractivity contribution is 7.99. The van der Waals surface area contributed by atoms with Crippen molar-refractivity contribution in [2.24, 2.45) is 5.73 Å². The number of nitrogens with one attached hydrogen (secondary N) is 1. The average Bonchev–Trinajstić information content (AvgIpc) is 3.35. The molecule has 1 fully saturated rings. The van der Waals surface area contributed by atoms with Gasteiger partial charge in [0.05, 0.1) is 29.4 Å². The molecule has 0 bridgehead atoms. The molecule has 29 heavy (non-hydrogen) atoms. The minimum Gasteiger partial charge on any atom is -0.352 e. The highest BCUT2D eigenvalue weighted by Crippen LogP contribution is 2.50. The molecule has 1 aromatic rings. The van der Waals surface area contributed by atoms with E-state index in [0.717, 1.165) is 47.3 Å². The largest absolute Gasteiger partial charge is 0.352 e. The van der Waals surface area contributed by atoms with E-state index in [4.69, 9.17) is 21.2 Å². The molecule has 7 nitrogen and oxygen atoms in total. The van der Waals surface area contributed by atoms with Crippen LogP contribution < -0.4 is 11.1 Å². The summed E-state index contributed by atoms with van der Waals surface area (Å²) in [6.45, 7) is 13.8. The van der Waals surface area contributed by atoms with Crippen molar-refractivity contribution in [3.63, 3.8) is 0 Å². The van der Waals surface area contributed by atoms with E-state index in [-0.39, 0.29) is 5.41 Å². The molecule has 1 aliphatic rings. The molecule has 0 spiro atoms. The Morgan fingerprint density at radius 1 is 1.45 bits per heavy atom. The molecule has 8 heteroatoms. The van der Waals surface area contributed by atoms with Gasteiger partial charge in [-0.3, -0.25) is 0 Å². The number of amides is 2. The van der Waals surface area contributed by atoms with Gasteiger partial charge in [0, 0.05) is 28.9 Å². The van der Waals surface area contributed by atoms with E-state index in [9.17, 15) is 4.79 Å². The number of allylic oxidation sites excluding steroid dienone is 3. The third-order valence-corrected chi connectivity index (χ3v) is 5.51. The van der Waals surface area contributed by atoms with E-state index in [1.54, 1.807) is 17.8 Å². The number of aromatic nitrogens is 2. The molecule has 3 N–H and O–H groups in total. The summed E-state index contributed by atoms with van der Waals surface area (Å²) in [6.07, 6.45) is 5.62. The zero-order valence-electron chi connectivity index (χ0n) is 17.3. The molecule has 0 aromatic carbocycles. The number of rotatable bonds is 8. The van der Waals surface area contributed by atoms with Gasteiger partial charge >= 0.3 is 6.03 Å². The standard InChI is InChI=1S/C16H23N5OS.C5H5N/c1-4-21-12(10-19-15(18)22)20-13(16(3)6-7-16)14(21)23-8-5-11(2)9-17;1-3-5(2)4-6/h5H,4,6-8,10H2,1-3H3,(H3,18,19,22);3H,1-2H2/b11-5+;. The van der Waals surface area contributed by atoms with Gasteiger partial charge in [0.1, 0.15) is 5.82 Å². The number of nitriles is 2. The molecule has 0 radical (unpaired) electrons. The molecule has 2 rings (SSSR count). The number of hydrogen-bond acceptors (Lipinski definition) is 5. The van der Waals surface area contributed by atoms with Crippen LogP contribution in [0.15, 0.2) is 41.5 Å². The predicted octanol–water partition coefficient (Wildman–Crippen LogP) is 3.94. The minimum absolute atomic E-state index is 0.137. The number of thioether (sulfide) groups is 1. The molecule has 1 aromatic heterocycles. The highest BCUT2D eigenvalue weighted by Gasteiger charge is 2.44. The topological polar surface area (TPSA) is 121 Å². The Kier molecular flexibility index (Phi) is 9.24. The van der Waals surface area contributed by atoms with Crippen LogP contribution in [0, 0.1) is 22.7 Å². The van der Waals surface area contributed by atoms with Gasteiger partial charge < -0.3 is 15.6 Å². The summed E-state index contributed by atoms with van der Waals surface area (Å²) in [7, 11) is 0. The number of urea groups is 1. The molecular weight excluding hydrogens is 384 g/mol. The Bertz CT molecular complexity index is 880. The first-order chi connectivity index (χ1) is 13.7. The molecule has 0 unspecified atom stereocenters. The Morgan fingerprint density at radius 2 is 2.10 bits per heavy atom.